The van der Waals surface area contributed by atoms with Crippen molar-refractivity contribution in [2.45, 2.75) is 60.6 Å². The Morgan fingerprint density at radius 2 is 1.56 bits per heavy atom. The number of aryl methyl sites for hydroxylation is 3. The molecule has 4 aromatic carbocycles. The highest BCUT2D eigenvalue weighted by atomic mass is 28.3. The van der Waals surface area contributed by atoms with Gasteiger partial charge in [0.15, 0.2) is 6.20 Å². The second-order valence-corrected chi connectivity index (χ2v) is 18.1. The van der Waals surface area contributed by atoms with Gasteiger partial charge in [-0.05, 0) is 70.4 Å². The molecule has 0 amide bonds. The van der Waals surface area contributed by atoms with E-state index in [4.69, 9.17) is 11.3 Å². The zero-order valence-corrected chi connectivity index (χ0v) is 25.2. The minimum atomic E-state index is -2.47. The lowest BCUT2D eigenvalue weighted by atomic mass is 9.86. The van der Waals surface area contributed by atoms with Gasteiger partial charge in [0.2, 0.25) is 5.69 Å². The molecule has 0 fully saturated rings. The third kappa shape index (κ3) is 4.47. The molecule has 6 aromatic rings. The van der Waals surface area contributed by atoms with Crippen LogP contribution in [0, 0.1) is 19.2 Å². The summed E-state index contributed by atoms with van der Waals surface area (Å²) in [6.45, 7) is 12.0. The van der Waals surface area contributed by atoms with Gasteiger partial charge >= 0.3 is 0 Å². The molecule has 0 unspecified atom stereocenters. The Kier molecular flexibility index (Phi) is 4.61. The van der Waals surface area contributed by atoms with E-state index in [0.29, 0.717) is 11.3 Å². The Hall–Kier alpha value is -3.43. The molecule has 0 atom stereocenters. The summed E-state index contributed by atoms with van der Waals surface area (Å²) in [5.74, 6) is 0. The second-order valence-electron chi connectivity index (χ2n) is 13.0. The number of fused-ring (bicyclic) bond motifs is 6. The van der Waals surface area contributed by atoms with Gasteiger partial charge < -0.3 is 4.42 Å². The van der Waals surface area contributed by atoms with Gasteiger partial charge in [-0.25, -0.2) is 4.57 Å². The maximum absolute atomic E-state index is 9.06. The van der Waals surface area contributed by atoms with Gasteiger partial charge in [-0.15, -0.1) is 0 Å². The van der Waals surface area contributed by atoms with Crippen LogP contribution in [0.1, 0.15) is 44.3 Å². The van der Waals surface area contributed by atoms with E-state index in [0.717, 1.165) is 38.3 Å². The molecule has 2 nitrogen and oxygen atoms in total. The van der Waals surface area contributed by atoms with Crippen molar-refractivity contribution in [1.82, 2.24) is 0 Å². The van der Waals surface area contributed by atoms with Crippen LogP contribution in [0.15, 0.2) is 71.3 Å². The molecule has 2 heterocycles. The van der Waals surface area contributed by atoms with Crippen LogP contribution >= 0.6 is 0 Å². The lowest BCUT2D eigenvalue weighted by Gasteiger charge is -2.19. The Morgan fingerprint density at radius 1 is 0.846 bits per heavy atom. The number of rotatable bonds is 3. The van der Waals surface area contributed by atoms with Crippen molar-refractivity contribution in [2.24, 2.45) is 12.5 Å². The highest BCUT2D eigenvalue weighted by Crippen LogP contribution is 2.40. The first kappa shape index (κ1) is 20.5. The van der Waals surface area contributed by atoms with Crippen LogP contribution < -0.4 is 9.75 Å². The molecule has 2 aromatic heterocycles. The van der Waals surface area contributed by atoms with Crippen LogP contribution in [0.4, 0.5) is 0 Å². The summed E-state index contributed by atoms with van der Waals surface area (Å²) in [4.78, 5) is 0. The van der Waals surface area contributed by atoms with E-state index in [1.807, 2.05) is 14.0 Å². The van der Waals surface area contributed by atoms with Crippen LogP contribution in [0.25, 0.3) is 54.7 Å². The molecule has 198 valence electrons. The molecule has 3 heteroatoms. The fourth-order valence-corrected chi connectivity index (χ4v) is 6.86. The first-order valence-corrected chi connectivity index (χ1v) is 17.2. The number of nitrogens with zero attached hydrogens (tertiary/aromatic N) is 1. The van der Waals surface area contributed by atoms with E-state index in [2.05, 4.69) is 74.2 Å². The Balaban J connectivity index is 1.64. The fraction of sp³-hybridized carbons (Fsp3) is 0.306. The van der Waals surface area contributed by atoms with Crippen LogP contribution in [0.5, 0.6) is 0 Å². The average Bonchev–Trinajstić information content (AvgIpc) is 3.27. The van der Waals surface area contributed by atoms with Gasteiger partial charge in [0.1, 0.15) is 18.2 Å². The van der Waals surface area contributed by atoms with Gasteiger partial charge in [-0.1, -0.05) is 88.1 Å². The lowest BCUT2D eigenvalue weighted by Crippen LogP contribution is -2.37. The molecular weight excluding hydrogens is 490 g/mol. The van der Waals surface area contributed by atoms with Gasteiger partial charge in [-0.2, -0.15) is 0 Å². The Morgan fingerprint density at radius 3 is 2.26 bits per heavy atom. The van der Waals surface area contributed by atoms with Gasteiger partial charge in [0, 0.05) is 29.3 Å². The molecule has 0 saturated carbocycles. The summed E-state index contributed by atoms with van der Waals surface area (Å²) in [6.07, 6.45) is -0.332. The summed E-state index contributed by atoms with van der Waals surface area (Å²) < 4.78 is 51.3. The predicted molar refractivity (Wildman–Crippen MR) is 171 cm³/mol. The van der Waals surface area contributed by atoms with E-state index in [-0.39, 0.29) is 11.1 Å². The number of hydrogen-bond acceptors (Lipinski definition) is 1. The molecule has 0 aliphatic rings. The number of aromatic nitrogens is 1. The molecule has 0 N–H and O–H groups in total. The minimum absolute atomic E-state index is 0.0218. The maximum Gasteiger partial charge on any atom is 0.216 e. The van der Waals surface area contributed by atoms with Crippen LogP contribution in [0.3, 0.4) is 0 Å². The van der Waals surface area contributed by atoms with Crippen LogP contribution in [-0.2, 0) is 13.4 Å². The summed E-state index contributed by atoms with van der Waals surface area (Å²) in [5.41, 5.74) is 3.37. The van der Waals surface area contributed by atoms with Crippen molar-refractivity contribution in [2.75, 3.05) is 0 Å². The third-order valence-electron chi connectivity index (χ3n) is 7.71. The molecular formula is C36H40NOSi+. The summed E-state index contributed by atoms with van der Waals surface area (Å²) in [6, 6.07) is 21.5. The first-order chi connectivity index (χ1) is 20.3. The van der Waals surface area contributed by atoms with Crippen molar-refractivity contribution >= 4 is 56.7 Å². The van der Waals surface area contributed by atoms with E-state index >= 15 is 0 Å². The van der Waals surface area contributed by atoms with E-state index in [1.165, 1.54) is 16.0 Å². The zero-order valence-electron chi connectivity index (χ0n) is 29.2. The molecule has 0 saturated heterocycles. The number of benzene rings is 4. The van der Waals surface area contributed by atoms with Crippen molar-refractivity contribution < 1.29 is 15.8 Å². The lowest BCUT2D eigenvalue weighted by molar-refractivity contribution is -0.660. The zero-order chi connectivity index (χ0) is 32.1. The van der Waals surface area contributed by atoms with Crippen molar-refractivity contribution in [1.29, 1.82) is 0 Å². The van der Waals surface area contributed by atoms with Gasteiger partial charge in [0.25, 0.3) is 0 Å². The highest BCUT2D eigenvalue weighted by molar-refractivity contribution is 6.88. The normalized spacial score (nSPS) is 15.4. The molecule has 0 aliphatic carbocycles. The summed E-state index contributed by atoms with van der Waals surface area (Å²) in [7, 11) is 0.368. The number of pyridine rings is 1. The molecule has 0 aliphatic heterocycles. The summed E-state index contributed by atoms with van der Waals surface area (Å²) >= 11 is 0. The maximum atomic E-state index is 9.06. The van der Waals surface area contributed by atoms with Gasteiger partial charge in [-0.3, -0.25) is 0 Å². The number of hydrogen-bond donors (Lipinski definition) is 0. The molecule has 0 spiro atoms. The predicted octanol–water partition coefficient (Wildman–Crippen LogP) is 9.13. The topological polar surface area (TPSA) is 17.0 Å². The third-order valence-corrected chi connectivity index (χ3v) is 9.75. The highest BCUT2D eigenvalue weighted by Gasteiger charge is 2.24. The Bertz CT molecular complexity index is 2130. The van der Waals surface area contributed by atoms with E-state index in [9.17, 15) is 0 Å². The summed E-state index contributed by atoms with van der Waals surface area (Å²) in [5, 5.41) is 8.12. The quantitative estimate of drug-likeness (QED) is 0.125. The molecule has 6 rings (SSSR count). The fourth-order valence-electron chi connectivity index (χ4n) is 5.69. The van der Waals surface area contributed by atoms with Crippen molar-refractivity contribution in [3.63, 3.8) is 0 Å². The molecule has 0 bridgehead atoms. The second kappa shape index (κ2) is 8.79. The molecule has 0 radical (unpaired) electrons. The van der Waals surface area contributed by atoms with Gasteiger partial charge in [0.05, 0.1) is 13.6 Å². The molecule has 39 heavy (non-hydrogen) atoms. The van der Waals surface area contributed by atoms with Crippen LogP contribution in [0.2, 0.25) is 19.6 Å². The average molecular weight is 536 g/mol. The SMILES string of the molecule is [2H]C([2H])([2H])c1c[n+](C)c(-c2c(C)ccc3c2oc2cc4c(ccc5cc([Si](C)(C)C)ccc54)cc23)cc1C([2H])([2H])C(C)(C)C. The number of furan rings is 1. The largest absolute Gasteiger partial charge is 0.455 e. The van der Waals surface area contributed by atoms with Crippen LogP contribution in [-0.4, -0.2) is 8.07 Å². The first-order valence-electron chi connectivity index (χ1n) is 16.2. The standard InChI is InChI=1S/C36H40NOSi/c1-22-10-14-29-31-17-25-12-11-24-16-27(39(7,8)9)13-15-28(24)30(25)19-33(31)38-35(29)34(22)32-18-26(20-36(3,4)5)23(2)21-37(32)6/h10-19,21H,20H2,1-9H3/q+1/i2D3,20D2. The minimum Gasteiger partial charge on any atom is -0.455 e. The smallest absolute Gasteiger partial charge is 0.216 e. The van der Waals surface area contributed by atoms with Crippen molar-refractivity contribution in [3.05, 3.63) is 83.6 Å². The van der Waals surface area contributed by atoms with E-state index < -0.39 is 26.7 Å². The Labute approximate surface area is 240 Å². The monoisotopic (exact) mass is 535 g/mol. The van der Waals surface area contributed by atoms with Crippen molar-refractivity contribution in [3.8, 4) is 11.3 Å². The van der Waals surface area contributed by atoms with E-state index in [1.54, 1.807) is 37.6 Å².